The van der Waals surface area contributed by atoms with E-state index < -0.39 is 0 Å². The van der Waals surface area contributed by atoms with Crippen molar-refractivity contribution in [2.24, 2.45) is 0 Å². The largest absolute Gasteiger partial charge is 0.349 e. The fraction of sp³-hybridized carbons (Fsp3) is 0.538. The Labute approximate surface area is 116 Å². The molecule has 1 amide bonds. The van der Waals surface area contributed by atoms with Crippen molar-refractivity contribution in [2.45, 2.75) is 19.5 Å². The molecule has 1 aliphatic rings. The van der Waals surface area contributed by atoms with Gasteiger partial charge in [0.1, 0.15) is 5.82 Å². The summed E-state index contributed by atoms with van der Waals surface area (Å²) in [7, 11) is 0. The number of thioether (sulfide) groups is 1. The molecule has 104 valence electrons. The normalized spacial score (nSPS) is 18.0. The van der Waals surface area contributed by atoms with Crippen molar-refractivity contribution in [2.75, 3.05) is 24.6 Å². The number of pyridine rings is 1. The second-order valence-corrected chi connectivity index (χ2v) is 5.70. The Morgan fingerprint density at radius 2 is 2.32 bits per heavy atom. The van der Waals surface area contributed by atoms with Crippen LogP contribution in [0.3, 0.4) is 0 Å². The highest BCUT2D eigenvalue weighted by Gasteiger charge is 2.22. The third-order valence-electron chi connectivity index (χ3n) is 3.24. The first-order valence-electron chi connectivity index (χ1n) is 6.37. The first-order valence-corrected chi connectivity index (χ1v) is 7.53. The summed E-state index contributed by atoms with van der Waals surface area (Å²) in [4.78, 5) is 18.1. The molecule has 4 nitrogen and oxygen atoms in total. The molecule has 1 aromatic rings. The molecule has 6 heteroatoms. The van der Waals surface area contributed by atoms with Crippen LogP contribution in [0.2, 0.25) is 0 Å². The van der Waals surface area contributed by atoms with Crippen molar-refractivity contribution >= 4 is 17.7 Å². The van der Waals surface area contributed by atoms with Crippen LogP contribution in [0.15, 0.2) is 18.3 Å². The lowest BCUT2D eigenvalue weighted by molar-refractivity contribution is -0.126. The van der Waals surface area contributed by atoms with E-state index in [1.807, 2.05) is 18.7 Å². The van der Waals surface area contributed by atoms with Gasteiger partial charge < -0.3 is 5.32 Å². The van der Waals surface area contributed by atoms with Gasteiger partial charge in [-0.15, -0.1) is 0 Å². The summed E-state index contributed by atoms with van der Waals surface area (Å²) in [5, 5.41) is 2.75. The van der Waals surface area contributed by atoms with Gasteiger partial charge in [-0.3, -0.25) is 14.7 Å². The first-order chi connectivity index (χ1) is 9.18. The monoisotopic (exact) mass is 283 g/mol. The van der Waals surface area contributed by atoms with E-state index >= 15 is 0 Å². The molecule has 0 saturated carbocycles. The van der Waals surface area contributed by atoms with Gasteiger partial charge in [-0.25, -0.2) is 4.39 Å². The molecule has 0 bridgehead atoms. The molecule has 1 aromatic heterocycles. The number of amides is 1. The molecule has 1 atom stereocenters. The highest BCUT2D eigenvalue weighted by Crippen LogP contribution is 2.12. The van der Waals surface area contributed by atoms with Crippen molar-refractivity contribution in [1.82, 2.24) is 15.2 Å². The molecule has 1 fully saturated rings. The molecule has 0 radical (unpaired) electrons. The van der Waals surface area contributed by atoms with E-state index in [1.54, 1.807) is 0 Å². The molecule has 2 rings (SSSR count). The van der Waals surface area contributed by atoms with Crippen LogP contribution in [0, 0.1) is 5.82 Å². The first kappa shape index (κ1) is 14.3. The average molecular weight is 283 g/mol. The quantitative estimate of drug-likeness (QED) is 0.904. The van der Waals surface area contributed by atoms with Gasteiger partial charge in [0.25, 0.3) is 0 Å². The highest BCUT2D eigenvalue weighted by molar-refractivity contribution is 7.99. The van der Waals surface area contributed by atoms with Crippen LogP contribution in [0.4, 0.5) is 4.39 Å². The molecule has 0 aromatic carbocycles. The zero-order valence-electron chi connectivity index (χ0n) is 10.9. The number of carbonyl (C=O) groups is 1. The maximum atomic E-state index is 13.4. The third kappa shape index (κ3) is 3.91. The standard InChI is InChI=1S/C13H18FN3OS/c1-10(17-5-7-19-8-6-17)13(18)16-9-12-11(14)3-2-4-15-12/h2-4,10H,5-9H2,1H3,(H,16,18)/t10-/m0/s1. The second kappa shape index (κ2) is 6.86. The summed E-state index contributed by atoms with van der Waals surface area (Å²) < 4.78 is 13.4. The summed E-state index contributed by atoms with van der Waals surface area (Å²) in [6.07, 6.45) is 1.52. The number of halogens is 1. The van der Waals surface area contributed by atoms with Crippen LogP contribution in [0.1, 0.15) is 12.6 Å². The zero-order valence-corrected chi connectivity index (χ0v) is 11.8. The van der Waals surface area contributed by atoms with Gasteiger partial charge in [0.2, 0.25) is 5.91 Å². The number of hydrogen-bond donors (Lipinski definition) is 1. The third-order valence-corrected chi connectivity index (χ3v) is 4.18. The smallest absolute Gasteiger partial charge is 0.237 e. The molecule has 0 aliphatic carbocycles. The van der Waals surface area contributed by atoms with Gasteiger partial charge >= 0.3 is 0 Å². The van der Waals surface area contributed by atoms with Gasteiger partial charge in [0.15, 0.2) is 0 Å². The minimum atomic E-state index is -0.384. The Hall–Kier alpha value is -1.14. The molecule has 1 saturated heterocycles. The number of rotatable bonds is 4. The van der Waals surface area contributed by atoms with E-state index in [4.69, 9.17) is 0 Å². The molecule has 1 N–H and O–H groups in total. The van der Waals surface area contributed by atoms with E-state index in [2.05, 4.69) is 15.2 Å². The molecule has 0 unspecified atom stereocenters. The fourth-order valence-corrected chi connectivity index (χ4v) is 2.93. The van der Waals surface area contributed by atoms with E-state index in [1.165, 1.54) is 18.3 Å². The van der Waals surface area contributed by atoms with Crippen LogP contribution in [0.5, 0.6) is 0 Å². The fourth-order valence-electron chi connectivity index (χ4n) is 2.00. The van der Waals surface area contributed by atoms with Crippen molar-refractivity contribution < 1.29 is 9.18 Å². The van der Waals surface area contributed by atoms with Gasteiger partial charge in [0.05, 0.1) is 18.3 Å². The Morgan fingerprint density at radius 1 is 1.58 bits per heavy atom. The maximum Gasteiger partial charge on any atom is 0.237 e. The van der Waals surface area contributed by atoms with Crippen molar-refractivity contribution in [3.63, 3.8) is 0 Å². The van der Waals surface area contributed by atoms with Crippen molar-refractivity contribution in [3.8, 4) is 0 Å². The summed E-state index contributed by atoms with van der Waals surface area (Å²) in [5.74, 6) is 1.67. The topological polar surface area (TPSA) is 45.2 Å². The summed E-state index contributed by atoms with van der Waals surface area (Å²) in [6, 6.07) is 2.71. The van der Waals surface area contributed by atoms with Crippen LogP contribution >= 0.6 is 11.8 Å². The lowest BCUT2D eigenvalue weighted by Gasteiger charge is -2.31. The predicted molar refractivity (Wildman–Crippen MR) is 74.4 cm³/mol. The maximum absolute atomic E-state index is 13.4. The van der Waals surface area contributed by atoms with Crippen molar-refractivity contribution in [3.05, 3.63) is 29.8 Å². The summed E-state index contributed by atoms with van der Waals surface area (Å²) in [6.45, 7) is 3.88. The average Bonchev–Trinajstić information content (AvgIpc) is 2.46. The van der Waals surface area contributed by atoms with E-state index in [9.17, 15) is 9.18 Å². The summed E-state index contributed by atoms with van der Waals surface area (Å²) in [5.41, 5.74) is 0.275. The molecular formula is C13H18FN3OS. The van der Waals surface area contributed by atoms with Gasteiger partial charge in [-0.1, -0.05) is 0 Å². The Bertz CT molecular complexity index is 438. The number of nitrogens with one attached hydrogen (secondary N) is 1. The van der Waals surface area contributed by atoms with E-state index in [0.717, 1.165) is 24.6 Å². The van der Waals surface area contributed by atoms with Gasteiger partial charge in [-0.05, 0) is 19.1 Å². The number of carbonyl (C=O) groups excluding carboxylic acids is 1. The number of hydrogen-bond acceptors (Lipinski definition) is 4. The minimum absolute atomic E-state index is 0.0723. The lowest BCUT2D eigenvalue weighted by Crippen LogP contribution is -2.48. The second-order valence-electron chi connectivity index (χ2n) is 4.47. The molecule has 1 aliphatic heterocycles. The number of aromatic nitrogens is 1. The highest BCUT2D eigenvalue weighted by atomic mass is 32.2. The zero-order chi connectivity index (χ0) is 13.7. The van der Waals surface area contributed by atoms with Gasteiger partial charge in [0, 0.05) is 30.8 Å². The SMILES string of the molecule is C[C@@H](C(=O)NCc1ncccc1F)N1CCSCC1. The Kier molecular flexibility index (Phi) is 5.15. The molecule has 0 spiro atoms. The van der Waals surface area contributed by atoms with Crippen LogP contribution < -0.4 is 5.32 Å². The molecule has 2 heterocycles. The summed E-state index contributed by atoms with van der Waals surface area (Å²) >= 11 is 1.91. The molecular weight excluding hydrogens is 265 g/mol. The predicted octanol–water partition coefficient (Wildman–Crippen LogP) is 1.27. The molecule has 19 heavy (non-hydrogen) atoms. The minimum Gasteiger partial charge on any atom is -0.349 e. The van der Waals surface area contributed by atoms with Crippen LogP contribution in [-0.4, -0.2) is 46.4 Å². The van der Waals surface area contributed by atoms with E-state index in [0.29, 0.717) is 0 Å². The van der Waals surface area contributed by atoms with Crippen molar-refractivity contribution in [1.29, 1.82) is 0 Å². The van der Waals surface area contributed by atoms with Crippen LogP contribution in [-0.2, 0) is 11.3 Å². The Morgan fingerprint density at radius 3 is 3.00 bits per heavy atom. The van der Waals surface area contributed by atoms with E-state index in [-0.39, 0.29) is 30.0 Å². The lowest BCUT2D eigenvalue weighted by atomic mass is 10.2. The number of nitrogens with zero attached hydrogens (tertiary/aromatic N) is 2. The van der Waals surface area contributed by atoms with Crippen LogP contribution in [0.25, 0.3) is 0 Å². The Balaban J connectivity index is 1.85. The van der Waals surface area contributed by atoms with Gasteiger partial charge in [-0.2, -0.15) is 11.8 Å².